The Balaban J connectivity index is 1.23. The van der Waals surface area contributed by atoms with Gasteiger partial charge in [0.2, 0.25) is 0 Å². The van der Waals surface area contributed by atoms with Crippen molar-refractivity contribution < 1.29 is 9.47 Å². The normalized spacial score (nSPS) is 10.7. The van der Waals surface area contributed by atoms with Gasteiger partial charge < -0.3 is 19.3 Å². The van der Waals surface area contributed by atoms with E-state index >= 15 is 0 Å². The van der Waals surface area contributed by atoms with E-state index in [1.54, 1.807) is 0 Å². The standard InChI is InChI=1S/C40H36N2O2/c1-31-13-21-37(22-14-31)43-39-25-17-35(18-26-39)41(33-9-5-3-6-10-33)29-30-42(34-11-7-4-8-12-34)36-19-27-40(28-20-36)44-38-23-15-32(2)16-24-38/h3-28H,29-30H2,1-2H3. The van der Waals surface area contributed by atoms with Gasteiger partial charge in [-0.25, -0.2) is 0 Å². The van der Waals surface area contributed by atoms with Gasteiger partial charge in [0.05, 0.1) is 0 Å². The molecule has 0 unspecified atom stereocenters. The molecule has 0 spiro atoms. The van der Waals surface area contributed by atoms with E-state index in [4.69, 9.17) is 9.47 Å². The third kappa shape index (κ3) is 7.29. The van der Waals surface area contributed by atoms with Crippen molar-refractivity contribution in [2.75, 3.05) is 22.9 Å². The monoisotopic (exact) mass is 576 g/mol. The molecule has 0 heterocycles. The largest absolute Gasteiger partial charge is 0.457 e. The molecule has 0 N–H and O–H groups in total. The molecular formula is C40H36N2O2. The van der Waals surface area contributed by atoms with E-state index in [2.05, 4.69) is 133 Å². The Morgan fingerprint density at radius 2 is 0.614 bits per heavy atom. The minimum atomic E-state index is 0.763. The van der Waals surface area contributed by atoms with Gasteiger partial charge in [-0.2, -0.15) is 0 Å². The molecule has 0 saturated heterocycles. The molecule has 0 aliphatic heterocycles. The van der Waals surface area contributed by atoms with Gasteiger partial charge in [-0.15, -0.1) is 0 Å². The summed E-state index contributed by atoms with van der Waals surface area (Å²) >= 11 is 0. The zero-order valence-electron chi connectivity index (χ0n) is 25.1. The maximum absolute atomic E-state index is 6.10. The van der Waals surface area contributed by atoms with Crippen molar-refractivity contribution in [1.82, 2.24) is 0 Å². The predicted molar refractivity (Wildman–Crippen MR) is 182 cm³/mol. The fourth-order valence-corrected chi connectivity index (χ4v) is 5.10. The number of anilines is 4. The third-order valence-corrected chi connectivity index (χ3v) is 7.49. The summed E-state index contributed by atoms with van der Waals surface area (Å²) in [6, 6.07) is 53.9. The number of hydrogen-bond acceptors (Lipinski definition) is 4. The molecule has 6 aromatic carbocycles. The summed E-state index contributed by atoms with van der Waals surface area (Å²) in [5.41, 5.74) is 6.89. The summed E-state index contributed by atoms with van der Waals surface area (Å²) < 4.78 is 12.2. The van der Waals surface area contributed by atoms with Crippen molar-refractivity contribution in [1.29, 1.82) is 0 Å². The van der Waals surface area contributed by atoms with Gasteiger partial charge >= 0.3 is 0 Å². The second-order valence-corrected chi connectivity index (χ2v) is 10.8. The number of nitrogens with zero attached hydrogens (tertiary/aromatic N) is 2. The van der Waals surface area contributed by atoms with Gasteiger partial charge in [-0.05, 0) is 111 Å². The van der Waals surface area contributed by atoms with Gasteiger partial charge in [0.15, 0.2) is 0 Å². The van der Waals surface area contributed by atoms with Crippen molar-refractivity contribution in [2.45, 2.75) is 13.8 Å². The molecule has 218 valence electrons. The molecule has 6 aromatic rings. The highest BCUT2D eigenvalue weighted by Gasteiger charge is 2.15. The fourth-order valence-electron chi connectivity index (χ4n) is 5.10. The Morgan fingerprint density at radius 3 is 0.932 bits per heavy atom. The van der Waals surface area contributed by atoms with Crippen LogP contribution in [0.3, 0.4) is 0 Å². The Labute approximate surface area is 260 Å². The van der Waals surface area contributed by atoms with Crippen LogP contribution in [0.2, 0.25) is 0 Å². The minimum Gasteiger partial charge on any atom is -0.457 e. The molecule has 0 aliphatic carbocycles. The Hall–Kier alpha value is -5.48. The lowest BCUT2D eigenvalue weighted by Gasteiger charge is -2.31. The van der Waals surface area contributed by atoms with Gasteiger partial charge in [0.25, 0.3) is 0 Å². The lowest BCUT2D eigenvalue weighted by Crippen LogP contribution is -2.30. The zero-order chi connectivity index (χ0) is 30.1. The van der Waals surface area contributed by atoms with Gasteiger partial charge in [-0.1, -0.05) is 71.8 Å². The maximum atomic E-state index is 6.10. The maximum Gasteiger partial charge on any atom is 0.127 e. The number of para-hydroxylation sites is 2. The first-order chi connectivity index (χ1) is 21.6. The summed E-state index contributed by atoms with van der Waals surface area (Å²) in [4.78, 5) is 4.70. The van der Waals surface area contributed by atoms with Gasteiger partial charge in [0.1, 0.15) is 23.0 Å². The van der Waals surface area contributed by atoms with E-state index in [0.29, 0.717) is 0 Å². The molecule has 44 heavy (non-hydrogen) atoms. The van der Waals surface area contributed by atoms with Crippen molar-refractivity contribution in [3.63, 3.8) is 0 Å². The molecule has 4 heteroatoms. The highest BCUT2D eigenvalue weighted by molar-refractivity contribution is 5.67. The summed E-state index contributed by atoms with van der Waals surface area (Å²) in [5.74, 6) is 3.28. The van der Waals surface area contributed by atoms with E-state index in [0.717, 1.165) is 58.8 Å². The van der Waals surface area contributed by atoms with Crippen LogP contribution in [-0.4, -0.2) is 13.1 Å². The first-order valence-electron chi connectivity index (χ1n) is 15.0. The molecule has 0 bridgehead atoms. The summed E-state index contributed by atoms with van der Waals surface area (Å²) in [5, 5.41) is 0. The van der Waals surface area contributed by atoms with Crippen molar-refractivity contribution in [3.8, 4) is 23.0 Å². The van der Waals surface area contributed by atoms with Crippen LogP contribution < -0.4 is 19.3 Å². The third-order valence-electron chi connectivity index (χ3n) is 7.49. The first kappa shape index (κ1) is 28.6. The lowest BCUT2D eigenvalue weighted by atomic mass is 10.2. The molecule has 0 atom stereocenters. The summed E-state index contributed by atoms with van der Waals surface area (Å²) in [6.45, 7) is 5.68. The molecule has 0 aromatic heterocycles. The highest BCUT2D eigenvalue weighted by Crippen LogP contribution is 2.32. The molecule has 0 fully saturated rings. The second-order valence-electron chi connectivity index (χ2n) is 10.8. The molecule has 4 nitrogen and oxygen atoms in total. The van der Waals surface area contributed by atoms with Crippen LogP contribution in [0.15, 0.2) is 158 Å². The quantitative estimate of drug-likeness (QED) is 0.153. The fraction of sp³-hybridized carbons (Fsp3) is 0.100. The van der Waals surface area contributed by atoms with E-state index in [1.807, 2.05) is 48.5 Å². The second kappa shape index (κ2) is 13.7. The summed E-state index contributed by atoms with van der Waals surface area (Å²) in [7, 11) is 0. The van der Waals surface area contributed by atoms with Crippen LogP contribution in [0.5, 0.6) is 23.0 Å². The van der Waals surface area contributed by atoms with Crippen molar-refractivity contribution >= 4 is 22.7 Å². The lowest BCUT2D eigenvalue weighted by molar-refractivity contribution is 0.482. The van der Waals surface area contributed by atoms with Crippen molar-refractivity contribution in [3.05, 3.63) is 169 Å². The molecule has 6 rings (SSSR count). The number of rotatable bonds is 11. The Bertz CT molecular complexity index is 1600. The van der Waals surface area contributed by atoms with E-state index in [-0.39, 0.29) is 0 Å². The average Bonchev–Trinajstić information content (AvgIpc) is 3.07. The van der Waals surface area contributed by atoms with E-state index in [1.165, 1.54) is 11.1 Å². The van der Waals surface area contributed by atoms with Crippen LogP contribution in [0.4, 0.5) is 22.7 Å². The predicted octanol–water partition coefficient (Wildman–Crippen LogP) is 10.9. The molecule has 0 amide bonds. The number of ether oxygens (including phenoxy) is 2. The summed E-state index contributed by atoms with van der Waals surface area (Å²) in [6.07, 6.45) is 0. The highest BCUT2D eigenvalue weighted by atomic mass is 16.5. The topological polar surface area (TPSA) is 24.9 Å². The molecule has 0 aliphatic rings. The first-order valence-corrected chi connectivity index (χ1v) is 15.0. The number of aryl methyl sites for hydroxylation is 2. The Morgan fingerprint density at radius 1 is 0.341 bits per heavy atom. The molecule has 0 radical (unpaired) electrons. The van der Waals surface area contributed by atoms with Crippen LogP contribution in [0.1, 0.15) is 11.1 Å². The van der Waals surface area contributed by atoms with Crippen LogP contribution >= 0.6 is 0 Å². The van der Waals surface area contributed by atoms with Gasteiger partial charge in [-0.3, -0.25) is 0 Å². The van der Waals surface area contributed by atoms with E-state index < -0.39 is 0 Å². The average molecular weight is 577 g/mol. The van der Waals surface area contributed by atoms with Crippen molar-refractivity contribution in [2.24, 2.45) is 0 Å². The zero-order valence-corrected chi connectivity index (χ0v) is 25.1. The van der Waals surface area contributed by atoms with Crippen LogP contribution in [0, 0.1) is 13.8 Å². The smallest absolute Gasteiger partial charge is 0.127 e. The Kier molecular flexibility index (Phi) is 8.89. The minimum absolute atomic E-state index is 0.763. The van der Waals surface area contributed by atoms with Crippen LogP contribution in [-0.2, 0) is 0 Å². The SMILES string of the molecule is Cc1ccc(Oc2ccc(N(CCN(c3ccccc3)c3ccc(Oc4ccc(C)cc4)cc3)c3ccccc3)cc2)cc1. The number of benzene rings is 6. The van der Waals surface area contributed by atoms with Gasteiger partial charge in [0, 0.05) is 35.8 Å². The molecular weight excluding hydrogens is 540 g/mol. The number of hydrogen-bond donors (Lipinski definition) is 0. The molecule has 0 saturated carbocycles. The van der Waals surface area contributed by atoms with Crippen LogP contribution in [0.25, 0.3) is 0 Å². The van der Waals surface area contributed by atoms with E-state index in [9.17, 15) is 0 Å².